The fraction of sp³-hybridized carbons (Fsp3) is 0.211. The SMILES string of the molecule is Cc1ccc(NC(=O)CCC(=O)N/N=C/c2ccccc2Cl)cc1C. The van der Waals surface area contributed by atoms with Crippen molar-refractivity contribution in [2.24, 2.45) is 5.10 Å². The van der Waals surface area contributed by atoms with Crippen molar-refractivity contribution in [2.75, 3.05) is 5.32 Å². The van der Waals surface area contributed by atoms with Crippen LogP contribution in [0.5, 0.6) is 0 Å². The van der Waals surface area contributed by atoms with Gasteiger partial charge in [-0.1, -0.05) is 35.9 Å². The summed E-state index contributed by atoms with van der Waals surface area (Å²) in [6.45, 7) is 3.99. The first-order chi connectivity index (χ1) is 12.0. The minimum absolute atomic E-state index is 0.0521. The number of nitrogens with one attached hydrogen (secondary N) is 2. The normalized spacial score (nSPS) is 10.7. The van der Waals surface area contributed by atoms with Gasteiger partial charge in [0.25, 0.3) is 0 Å². The van der Waals surface area contributed by atoms with E-state index in [-0.39, 0.29) is 24.7 Å². The van der Waals surface area contributed by atoms with Gasteiger partial charge in [-0.15, -0.1) is 0 Å². The molecule has 6 heteroatoms. The molecule has 2 aromatic rings. The molecular weight excluding hydrogens is 338 g/mol. The van der Waals surface area contributed by atoms with Gasteiger partial charge in [0.1, 0.15) is 0 Å². The molecule has 0 heterocycles. The first-order valence-electron chi connectivity index (χ1n) is 7.89. The Morgan fingerprint density at radius 1 is 1.04 bits per heavy atom. The van der Waals surface area contributed by atoms with E-state index in [1.165, 1.54) is 6.21 Å². The lowest BCUT2D eigenvalue weighted by Gasteiger charge is -2.07. The third-order valence-corrected chi connectivity index (χ3v) is 4.01. The lowest BCUT2D eigenvalue weighted by atomic mass is 10.1. The molecule has 0 aromatic heterocycles. The fourth-order valence-electron chi connectivity index (χ4n) is 2.08. The van der Waals surface area contributed by atoms with Gasteiger partial charge in [-0.25, -0.2) is 5.43 Å². The summed E-state index contributed by atoms with van der Waals surface area (Å²) >= 11 is 5.98. The Bertz CT molecular complexity index is 803. The van der Waals surface area contributed by atoms with Gasteiger partial charge < -0.3 is 5.32 Å². The Hall–Kier alpha value is -2.66. The Morgan fingerprint density at radius 2 is 1.76 bits per heavy atom. The summed E-state index contributed by atoms with van der Waals surface area (Å²) in [6.07, 6.45) is 1.60. The van der Waals surface area contributed by atoms with Crippen LogP contribution in [0.25, 0.3) is 0 Å². The smallest absolute Gasteiger partial charge is 0.240 e. The van der Waals surface area contributed by atoms with Crippen LogP contribution >= 0.6 is 11.6 Å². The molecule has 0 aliphatic heterocycles. The zero-order valence-electron chi connectivity index (χ0n) is 14.2. The molecule has 25 heavy (non-hydrogen) atoms. The summed E-state index contributed by atoms with van der Waals surface area (Å²) in [4.78, 5) is 23.6. The number of rotatable bonds is 6. The zero-order valence-corrected chi connectivity index (χ0v) is 14.9. The van der Waals surface area contributed by atoms with Gasteiger partial charge in [0.15, 0.2) is 0 Å². The summed E-state index contributed by atoms with van der Waals surface area (Å²) in [6, 6.07) is 12.9. The van der Waals surface area contributed by atoms with Crippen LogP contribution in [0.15, 0.2) is 47.6 Å². The molecule has 0 spiro atoms. The molecule has 0 saturated heterocycles. The van der Waals surface area contributed by atoms with Crippen LogP contribution in [0.1, 0.15) is 29.5 Å². The van der Waals surface area contributed by atoms with Crippen LogP contribution in [0.2, 0.25) is 5.02 Å². The predicted octanol–water partition coefficient (Wildman–Crippen LogP) is 3.83. The average molecular weight is 358 g/mol. The van der Waals surface area contributed by atoms with E-state index in [1.807, 2.05) is 44.2 Å². The number of carbonyl (C=O) groups excluding carboxylic acids is 2. The molecule has 0 aliphatic carbocycles. The molecule has 2 aromatic carbocycles. The maximum Gasteiger partial charge on any atom is 0.240 e. The fourth-order valence-corrected chi connectivity index (χ4v) is 2.26. The van der Waals surface area contributed by atoms with E-state index in [1.54, 1.807) is 12.1 Å². The van der Waals surface area contributed by atoms with Gasteiger partial charge in [0.05, 0.1) is 6.21 Å². The molecule has 2 amide bonds. The molecule has 0 unspecified atom stereocenters. The molecule has 0 atom stereocenters. The highest BCUT2D eigenvalue weighted by atomic mass is 35.5. The van der Waals surface area contributed by atoms with Gasteiger partial charge in [0.2, 0.25) is 11.8 Å². The molecule has 2 N–H and O–H groups in total. The summed E-state index contributed by atoms with van der Waals surface area (Å²) in [7, 11) is 0. The van der Waals surface area contributed by atoms with E-state index in [4.69, 9.17) is 11.6 Å². The number of benzene rings is 2. The first kappa shape index (κ1) is 18.7. The molecule has 0 aliphatic rings. The van der Waals surface area contributed by atoms with Crippen molar-refractivity contribution in [1.82, 2.24) is 5.43 Å². The van der Waals surface area contributed by atoms with Gasteiger partial charge in [-0.05, 0) is 43.2 Å². The molecule has 2 rings (SSSR count). The molecule has 0 radical (unpaired) electrons. The van der Waals surface area contributed by atoms with Crippen LogP contribution in [0, 0.1) is 13.8 Å². The minimum atomic E-state index is -0.335. The summed E-state index contributed by atoms with van der Waals surface area (Å²) in [5.41, 5.74) is 6.08. The van der Waals surface area contributed by atoms with E-state index in [0.29, 0.717) is 10.6 Å². The largest absolute Gasteiger partial charge is 0.326 e. The van der Waals surface area contributed by atoms with E-state index in [2.05, 4.69) is 15.8 Å². The van der Waals surface area contributed by atoms with Crippen LogP contribution in [-0.4, -0.2) is 18.0 Å². The topological polar surface area (TPSA) is 70.6 Å². The number of carbonyl (C=O) groups is 2. The van der Waals surface area contributed by atoms with E-state index in [0.717, 1.165) is 16.8 Å². The molecule has 0 bridgehead atoms. The first-order valence-corrected chi connectivity index (χ1v) is 8.27. The maximum atomic E-state index is 11.9. The van der Waals surface area contributed by atoms with Gasteiger partial charge in [-0.2, -0.15) is 5.10 Å². The molecule has 130 valence electrons. The highest BCUT2D eigenvalue weighted by molar-refractivity contribution is 6.33. The van der Waals surface area contributed by atoms with Crippen LogP contribution in [0.3, 0.4) is 0 Å². The standard InChI is InChI=1S/C19H20ClN3O2/c1-13-7-8-16(11-14(13)2)22-18(24)9-10-19(25)23-21-12-15-5-3-4-6-17(15)20/h3-8,11-12H,9-10H2,1-2H3,(H,22,24)(H,23,25)/b21-12+. The Labute approximate surface area is 152 Å². The van der Waals surface area contributed by atoms with E-state index in [9.17, 15) is 9.59 Å². The monoisotopic (exact) mass is 357 g/mol. The molecule has 0 saturated carbocycles. The third-order valence-electron chi connectivity index (χ3n) is 3.67. The number of anilines is 1. The quantitative estimate of drug-likeness (QED) is 0.609. The highest BCUT2D eigenvalue weighted by Crippen LogP contribution is 2.14. The van der Waals surface area contributed by atoms with Crippen molar-refractivity contribution < 1.29 is 9.59 Å². The van der Waals surface area contributed by atoms with Gasteiger partial charge in [0, 0.05) is 29.1 Å². The van der Waals surface area contributed by atoms with Gasteiger partial charge in [-0.3, -0.25) is 9.59 Å². The maximum absolute atomic E-state index is 11.9. The van der Waals surface area contributed by atoms with Crippen LogP contribution < -0.4 is 10.7 Å². The second-order valence-electron chi connectivity index (χ2n) is 5.66. The highest BCUT2D eigenvalue weighted by Gasteiger charge is 2.07. The number of amides is 2. The van der Waals surface area contributed by atoms with E-state index >= 15 is 0 Å². The zero-order chi connectivity index (χ0) is 18.2. The number of halogens is 1. The molecular formula is C19H20ClN3O2. The second kappa shape index (κ2) is 8.99. The van der Waals surface area contributed by atoms with Crippen molar-refractivity contribution >= 4 is 35.3 Å². The van der Waals surface area contributed by atoms with Crippen LogP contribution in [-0.2, 0) is 9.59 Å². The summed E-state index contributed by atoms with van der Waals surface area (Å²) in [5.74, 6) is -0.549. The Kier molecular flexibility index (Phi) is 6.71. The summed E-state index contributed by atoms with van der Waals surface area (Å²) < 4.78 is 0. The molecule has 0 fully saturated rings. The number of nitrogens with zero attached hydrogens (tertiary/aromatic N) is 1. The Balaban J connectivity index is 1.76. The summed E-state index contributed by atoms with van der Waals surface area (Å²) in [5, 5.41) is 7.17. The number of hydrogen-bond acceptors (Lipinski definition) is 3. The van der Waals surface area contributed by atoms with E-state index < -0.39 is 0 Å². The number of hydrogen-bond donors (Lipinski definition) is 2. The Morgan fingerprint density at radius 3 is 2.48 bits per heavy atom. The predicted molar refractivity (Wildman–Crippen MR) is 101 cm³/mol. The van der Waals surface area contributed by atoms with Crippen molar-refractivity contribution in [2.45, 2.75) is 26.7 Å². The average Bonchev–Trinajstić information content (AvgIpc) is 2.58. The van der Waals surface area contributed by atoms with Gasteiger partial charge >= 0.3 is 0 Å². The second-order valence-corrected chi connectivity index (χ2v) is 6.07. The van der Waals surface area contributed by atoms with Crippen molar-refractivity contribution in [1.29, 1.82) is 0 Å². The minimum Gasteiger partial charge on any atom is -0.326 e. The number of hydrazone groups is 1. The number of aryl methyl sites for hydroxylation is 2. The van der Waals surface area contributed by atoms with Crippen molar-refractivity contribution in [3.8, 4) is 0 Å². The third kappa shape index (κ3) is 6.04. The lowest BCUT2D eigenvalue weighted by Crippen LogP contribution is -2.20. The van der Waals surface area contributed by atoms with Crippen molar-refractivity contribution in [3.63, 3.8) is 0 Å². The molecule has 5 nitrogen and oxygen atoms in total. The van der Waals surface area contributed by atoms with Crippen LogP contribution in [0.4, 0.5) is 5.69 Å². The van der Waals surface area contributed by atoms with Crippen molar-refractivity contribution in [3.05, 3.63) is 64.2 Å². The lowest BCUT2D eigenvalue weighted by molar-refractivity contribution is -0.124.